The number of nitrogens with one attached hydrogen (secondary N) is 2. The summed E-state index contributed by atoms with van der Waals surface area (Å²) in [5, 5.41) is 4.45. The van der Waals surface area contributed by atoms with Gasteiger partial charge in [0.25, 0.3) is 0 Å². The molecule has 174 valence electrons. The SMILES string of the molecule is COc1ccc(-c2cc(NC3C4CCC(CC4)C3C)nc(-c3c[nH]c4ncc(F)cc34)n2)cc1. The van der Waals surface area contributed by atoms with Crippen LogP contribution in [-0.4, -0.2) is 33.1 Å². The minimum atomic E-state index is -0.384. The van der Waals surface area contributed by atoms with Gasteiger partial charge >= 0.3 is 0 Å². The highest BCUT2D eigenvalue weighted by Gasteiger charge is 2.41. The number of aromatic amines is 1. The number of anilines is 1. The van der Waals surface area contributed by atoms with E-state index in [4.69, 9.17) is 14.7 Å². The van der Waals surface area contributed by atoms with Crippen molar-refractivity contribution in [2.75, 3.05) is 12.4 Å². The van der Waals surface area contributed by atoms with Crippen LogP contribution in [0.5, 0.6) is 5.75 Å². The normalized spacial score (nSPS) is 23.9. The maximum Gasteiger partial charge on any atom is 0.164 e. The summed E-state index contributed by atoms with van der Waals surface area (Å²) < 4.78 is 19.3. The van der Waals surface area contributed by atoms with Crippen molar-refractivity contribution in [3.63, 3.8) is 0 Å². The Hall–Kier alpha value is -3.48. The van der Waals surface area contributed by atoms with Crippen molar-refractivity contribution < 1.29 is 9.13 Å². The monoisotopic (exact) mass is 457 g/mol. The zero-order valence-electron chi connectivity index (χ0n) is 19.4. The quantitative estimate of drug-likeness (QED) is 0.380. The van der Waals surface area contributed by atoms with Crippen molar-refractivity contribution in [3.8, 4) is 28.4 Å². The lowest BCUT2D eigenvalue weighted by Crippen LogP contribution is -2.47. The molecular weight excluding hydrogens is 429 g/mol. The van der Waals surface area contributed by atoms with E-state index in [9.17, 15) is 4.39 Å². The summed E-state index contributed by atoms with van der Waals surface area (Å²) in [5.74, 6) is 3.83. The number of hydrogen-bond donors (Lipinski definition) is 2. The standard InChI is InChI=1S/C27H28FN5O/c1-15-16-3-5-18(6-4-16)25(15)32-24-12-23(17-7-9-20(34-2)10-8-17)31-27(33-24)22-14-30-26-21(22)11-19(28)13-29-26/h7-16,18,25H,3-6H2,1-2H3,(H,29,30)(H,31,32,33). The lowest BCUT2D eigenvalue weighted by atomic mass is 9.62. The number of hydrogen-bond acceptors (Lipinski definition) is 5. The Morgan fingerprint density at radius 3 is 2.53 bits per heavy atom. The average molecular weight is 458 g/mol. The third kappa shape index (κ3) is 3.69. The average Bonchev–Trinajstić information content (AvgIpc) is 3.29. The van der Waals surface area contributed by atoms with Gasteiger partial charge in [-0.1, -0.05) is 6.92 Å². The van der Waals surface area contributed by atoms with Crippen molar-refractivity contribution in [2.45, 2.75) is 38.6 Å². The van der Waals surface area contributed by atoms with Crippen LogP contribution < -0.4 is 10.1 Å². The molecule has 3 saturated carbocycles. The summed E-state index contributed by atoms with van der Waals surface area (Å²) in [6.07, 6.45) is 8.25. The largest absolute Gasteiger partial charge is 0.497 e. The summed E-state index contributed by atoms with van der Waals surface area (Å²) >= 11 is 0. The highest BCUT2D eigenvalue weighted by Crippen LogP contribution is 2.46. The van der Waals surface area contributed by atoms with Crippen LogP contribution in [0.3, 0.4) is 0 Å². The number of pyridine rings is 1. The topological polar surface area (TPSA) is 75.7 Å². The van der Waals surface area contributed by atoms with Crippen LogP contribution in [0.2, 0.25) is 0 Å². The second kappa shape index (κ2) is 8.38. The molecule has 7 rings (SSSR count). The minimum absolute atomic E-state index is 0.384. The molecule has 3 aliphatic carbocycles. The molecule has 4 aromatic rings. The van der Waals surface area contributed by atoms with Gasteiger partial charge in [0.15, 0.2) is 5.82 Å². The second-order valence-electron chi connectivity index (χ2n) is 9.65. The molecule has 0 saturated heterocycles. The Labute approximate surface area is 198 Å². The van der Waals surface area contributed by atoms with E-state index in [1.165, 1.54) is 37.9 Å². The molecule has 6 nitrogen and oxygen atoms in total. The highest BCUT2D eigenvalue weighted by molar-refractivity contribution is 5.92. The van der Waals surface area contributed by atoms with Gasteiger partial charge in [0.1, 0.15) is 23.0 Å². The molecule has 3 aliphatic rings. The first kappa shape index (κ1) is 21.1. The molecule has 2 bridgehead atoms. The van der Waals surface area contributed by atoms with Crippen molar-refractivity contribution in [3.05, 3.63) is 54.6 Å². The van der Waals surface area contributed by atoms with Gasteiger partial charge in [0.2, 0.25) is 0 Å². The summed E-state index contributed by atoms with van der Waals surface area (Å²) in [6, 6.07) is 11.8. The Kier molecular flexibility index (Phi) is 5.20. The maximum absolute atomic E-state index is 14.0. The number of halogens is 1. The van der Waals surface area contributed by atoms with E-state index >= 15 is 0 Å². The third-order valence-electron chi connectivity index (χ3n) is 7.80. The van der Waals surface area contributed by atoms with Crippen LogP contribution >= 0.6 is 0 Å². The van der Waals surface area contributed by atoms with Crippen LogP contribution in [0.15, 0.2) is 48.8 Å². The van der Waals surface area contributed by atoms with Crippen molar-refractivity contribution in [1.82, 2.24) is 19.9 Å². The Balaban J connectivity index is 1.44. The van der Waals surface area contributed by atoms with Gasteiger partial charge in [-0.3, -0.25) is 0 Å². The Morgan fingerprint density at radius 2 is 1.79 bits per heavy atom. The van der Waals surface area contributed by atoms with Crippen LogP contribution in [0, 0.1) is 23.6 Å². The van der Waals surface area contributed by atoms with E-state index in [1.54, 1.807) is 13.3 Å². The van der Waals surface area contributed by atoms with Crippen LogP contribution in [-0.2, 0) is 0 Å². The fourth-order valence-corrected chi connectivity index (χ4v) is 5.89. The Bertz CT molecular complexity index is 1320. The molecule has 1 aromatic carbocycles. The van der Waals surface area contributed by atoms with Gasteiger partial charge in [-0.05, 0) is 73.8 Å². The summed E-state index contributed by atoms with van der Waals surface area (Å²) in [4.78, 5) is 17.1. The molecule has 3 aromatic heterocycles. The molecule has 7 heteroatoms. The number of ether oxygens (including phenoxy) is 1. The molecule has 3 fully saturated rings. The summed E-state index contributed by atoms with van der Waals surface area (Å²) in [5.41, 5.74) is 3.12. The first-order chi connectivity index (χ1) is 16.6. The van der Waals surface area contributed by atoms with Gasteiger partial charge in [0.05, 0.1) is 19.0 Å². The fraction of sp³-hybridized carbons (Fsp3) is 0.370. The number of methoxy groups -OCH3 is 1. The van der Waals surface area contributed by atoms with Gasteiger partial charge in [-0.2, -0.15) is 0 Å². The summed E-state index contributed by atoms with van der Waals surface area (Å²) in [7, 11) is 1.66. The van der Waals surface area contributed by atoms with E-state index in [-0.39, 0.29) is 5.82 Å². The van der Waals surface area contributed by atoms with Gasteiger partial charge in [0, 0.05) is 34.8 Å². The van der Waals surface area contributed by atoms with Crippen molar-refractivity contribution >= 4 is 16.9 Å². The van der Waals surface area contributed by atoms with Crippen LogP contribution in [0.4, 0.5) is 10.2 Å². The smallest absolute Gasteiger partial charge is 0.164 e. The molecule has 0 radical (unpaired) electrons. The van der Waals surface area contributed by atoms with Gasteiger partial charge in [-0.15, -0.1) is 0 Å². The number of H-pyrrole nitrogens is 1. The van der Waals surface area contributed by atoms with Gasteiger partial charge < -0.3 is 15.0 Å². The van der Waals surface area contributed by atoms with Crippen molar-refractivity contribution in [2.24, 2.45) is 17.8 Å². The third-order valence-corrected chi connectivity index (χ3v) is 7.80. The number of benzene rings is 1. The predicted molar refractivity (Wildman–Crippen MR) is 131 cm³/mol. The number of nitrogens with zero attached hydrogens (tertiary/aromatic N) is 3. The lowest BCUT2D eigenvalue weighted by molar-refractivity contribution is 0.0928. The molecule has 3 heterocycles. The molecular formula is C27H28FN5O. The van der Waals surface area contributed by atoms with Crippen molar-refractivity contribution in [1.29, 1.82) is 0 Å². The van der Waals surface area contributed by atoms with Crippen LogP contribution in [0.25, 0.3) is 33.7 Å². The molecule has 2 unspecified atom stereocenters. The predicted octanol–water partition coefficient (Wildman–Crippen LogP) is 6.07. The number of rotatable bonds is 5. The molecule has 0 amide bonds. The van der Waals surface area contributed by atoms with E-state index in [1.807, 2.05) is 30.3 Å². The fourth-order valence-electron chi connectivity index (χ4n) is 5.89. The Morgan fingerprint density at radius 1 is 1.03 bits per heavy atom. The lowest BCUT2D eigenvalue weighted by Gasteiger charge is -2.47. The molecule has 0 spiro atoms. The highest BCUT2D eigenvalue weighted by atomic mass is 19.1. The zero-order valence-corrected chi connectivity index (χ0v) is 19.4. The summed E-state index contributed by atoms with van der Waals surface area (Å²) in [6.45, 7) is 2.37. The number of fused-ring (bicyclic) bond motifs is 4. The number of aromatic nitrogens is 4. The molecule has 2 N–H and O–H groups in total. The van der Waals surface area contributed by atoms with E-state index in [0.717, 1.165) is 34.3 Å². The van der Waals surface area contributed by atoms with Crippen LogP contribution in [0.1, 0.15) is 32.6 Å². The molecule has 0 aliphatic heterocycles. The van der Waals surface area contributed by atoms with E-state index < -0.39 is 0 Å². The minimum Gasteiger partial charge on any atom is -0.497 e. The zero-order chi connectivity index (χ0) is 23.2. The van der Waals surface area contributed by atoms with E-state index in [2.05, 4.69) is 22.2 Å². The molecule has 2 atom stereocenters. The molecule has 34 heavy (non-hydrogen) atoms. The first-order valence-electron chi connectivity index (χ1n) is 12.0. The second-order valence-corrected chi connectivity index (χ2v) is 9.65. The van der Waals surface area contributed by atoms with Gasteiger partial charge in [-0.25, -0.2) is 19.3 Å². The first-order valence-corrected chi connectivity index (χ1v) is 12.0. The maximum atomic E-state index is 14.0. The van der Waals surface area contributed by atoms with E-state index in [0.29, 0.717) is 34.7 Å².